The van der Waals surface area contributed by atoms with Crippen LogP contribution in [0, 0.1) is 0 Å². The molecule has 1 fully saturated rings. The van der Waals surface area contributed by atoms with Crippen LogP contribution in [0.4, 0.5) is 0 Å². The van der Waals surface area contributed by atoms with Gasteiger partial charge in [-0.25, -0.2) is 0 Å². The van der Waals surface area contributed by atoms with Gasteiger partial charge in [-0.15, -0.1) is 0 Å². The molecule has 0 saturated heterocycles. The zero-order valence-electron chi connectivity index (χ0n) is 16.4. The van der Waals surface area contributed by atoms with Crippen LogP contribution in [0.1, 0.15) is 41.9 Å². The van der Waals surface area contributed by atoms with Crippen molar-refractivity contribution in [3.8, 4) is 11.5 Å². The molecule has 4 heteroatoms. The SMILES string of the molecule is COc1ccc(C2CN(C)Cc3cc([OH+]CCCNC4CC4)ccc32)cc1. The highest BCUT2D eigenvalue weighted by molar-refractivity contribution is 5.44. The van der Waals surface area contributed by atoms with Gasteiger partial charge in [0.15, 0.2) is 6.61 Å². The van der Waals surface area contributed by atoms with Crippen molar-refractivity contribution in [3.05, 3.63) is 59.2 Å². The van der Waals surface area contributed by atoms with E-state index in [9.17, 15) is 0 Å². The normalized spacial score (nSPS) is 19.6. The molecule has 1 saturated carbocycles. The standard InChI is InChI=1S/C23H30N2O2/c1-25-15-18-14-21(27-13-3-12-24-19-6-7-19)10-11-22(18)23(16-25)17-4-8-20(26-2)9-5-17/h4-5,8-11,14,19,23-24H,3,6-7,12-13,15-16H2,1-2H3/p+1. The van der Waals surface area contributed by atoms with Crippen molar-refractivity contribution in [1.29, 1.82) is 0 Å². The number of hydrogen-bond donors (Lipinski definition) is 1. The maximum atomic E-state index is 5.31. The van der Waals surface area contributed by atoms with Crippen molar-refractivity contribution < 1.29 is 9.47 Å². The Kier molecular flexibility index (Phi) is 5.65. The van der Waals surface area contributed by atoms with Gasteiger partial charge < -0.3 is 19.7 Å². The number of aromatic hydroxyl groups is 1. The molecule has 4 nitrogen and oxygen atoms in total. The lowest BCUT2D eigenvalue weighted by molar-refractivity contribution is 0.0659. The lowest BCUT2D eigenvalue weighted by Gasteiger charge is -2.32. The quantitative estimate of drug-likeness (QED) is 0.572. The molecule has 2 N–H and O–H groups in total. The van der Waals surface area contributed by atoms with Gasteiger partial charge in [0, 0.05) is 50.1 Å². The Bertz CT molecular complexity index is 755. The molecule has 1 unspecified atom stereocenters. The summed E-state index contributed by atoms with van der Waals surface area (Å²) in [6, 6.07) is 16.1. The highest BCUT2D eigenvalue weighted by Crippen LogP contribution is 2.35. The maximum absolute atomic E-state index is 5.31. The Morgan fingerprint density at radius 2 is 1.96 bits per heavy atom. The first-order valence-corrected chi connectivity index (χ1v) is 10.1. The third-order valence-corrected chi connectivity index (χ3v) is 5.59. The minimum absolute atomic E-state index is 0.404. The summed E-state index contributed by atoms with van der Waals surface area (Å²) < 4.78 is 10.1. The maximum Gasteiger partial charge on any atom is 0.254 e. The number of aliphatic hydroxyl groups is 1. The molecule has 2 aromatic carbocycles. The molecule has 1 heterocycles. The van der Waals surface area contributed by atoms with E-state index in [1.54, 1.807) is 7.11 Å². The third-order valence-electron chi connectivity index (χ3n) is 5.59. The fraction of sp³-hybridized carbons (Fsp3) is 0.478. The van der Waals surface area contributed by atoms with Crippen LogP contribution >= 0.6 is 0 Å². The summed E-state index contributed by atoms with van der Waals surface area (Å²) in [7, 11) is 3.92. The second kappa shape index (κ2) is 8.32. The van der Waals surface area contributed by atoms with E-state index in [0.29, 0.717) is 5.92 Å². The van der Waals surface area contributed by atoms with Crippen LogP contribution in [-0.4, -0.2) is 49.5 Å². The molecule has 0 amide bonds. The molecule has 0 spiro atoms. The van der Waals surface area contributed by atoms with E-state index in [2.05, 4.69) is 59.7 Å². The van der Waals surface area contributed by atoms with E-state index in [1.165, 1.54) is 29.5 Å². The average molecular weight is 368 g/mol. The number of nitrogens with one attached hydrogen (secondary N) is 1. The molecule has 27 heavy (non-hydrogen) atoms. The summed E-state index contributed by atoms with van der Waals surface area (Å²) >= 11 is 0. The first kappa shape index (κ1) is 18.3. The largest absolute Gasteiger partial charge is 0.583 e. The second-order valence-electron chi connectivity index (χ2n) is 7.87. The number of nitrogens with zero attached hydrogens (tertiary/aromatic N) is 1. The summed E-state index contributed by atoms with van der Waals surface area (Å²) in [6.07, 6.45) is 3.82. The van der Waals surface area contributed by atoms with Crippen LogP contribution in [0.15, 0.2) is 42.5 Å². The van der Waals surface area contributed by atoms with E-state index in [1.807, 2.05) is 0 Å². The van der Waals surface area contributed by atoms with Gasteiger partial charge in [-0.3, -0.25) is 0 Å². The van der Waals surface area contributed by atoms with Crippen LogP contribution in [0.25, 0.3) is 0 Å². The van der Waals surface area contributed by atoms with Crippen molar-refractivity contribution in [2.24, 2.45) is 0 Å². The molecule has 4 rings (SSSR count). The summed E-state index contributed by atoms with van der Waals surface area (Å²) in [5.74, 6) is 2.43. The number of rotatable bonds is 8. The van der Waals surface area contributed by atoms with E-state index < -0.39 is 0 Å². The van der Waals surface area contributed by atoms with Crippen LogP contribution in [0.5, 0.6) is 11.5 Å². The number of methoxy groups -OCH3 is 1. The van der Waals surface area contributed by atoms with Gasteiger partial charge in [0.2, 0.25) is 0 Å². The molecular formula is C23H31N2O2+. The van der Waals surface area contributed by atoms with Crippen LogP contribution in [-0.2, 0) is 6.54 Å². The topological polar surface area (TPSA) is 37.3 Å². The van der Waals surface area contributed by atoms with Crippen molar-refractivity contribution in [2.45, 2.75) is 37.8 Å². The van der Waals surface area contributed by atoms with Gasteiger partial charge in [-0.2, -0.15) is 0 Å². The Balaban J connectivity index is 1.43. The molecule has 0 bridgehead atoms. The molecule has 144 valence electrons. The number of likely N-dealkylation sites (N-methyl/N-ethyl adjacent to an activating group) is 1. The number of hydrogen-bond acceptors (Lipinski definition) is 3. The van der Waals surface area contributed by atoms with Gasteiger partial charge in [-0.1, -0.05) is 12.1 Å². The number of ether oxygens (including phenoxy) is 2. The highest BCUT2D eigenvalue weighted by Gasteiger charge is 2.26. The first-order chi connectivity index (χ1) is 13.2. The monoisotopic (exact) mass is 367 g/mol. The van der Waals surface area contributed by atoms with Gasteiger partial charge in [0.25, 0.3) is 5.75 Å². The van der Waals surface area contributed by atoms with Gasteiger partial charge >= 0.3 is 0 Å². The Labute approximate surface area is 162 Å². The van der Waals surface area contributed by atoms with Gasteiger partial charge in [0.05, 0.1) is 7.11 Å². The van der Waals surface area contributed by atoms with E-state index in [4.69, 9.17) is 9.47 Å². The number of benzene rings is 2. The molecular weight excluding hydrogens is 336 g/mol. The van der Waals surface area contributed by atoms with Crippen molar-refractivity contribution in [3.63, 3.8) is 0 Å². The van der Waals surface area contributed by atoms with E-state index in [0.717, 1.165) is 50.2 Å². The lowest BCUT2D eigenvalue weighted by atomic mass is 9.84. The lowest BCUT2D eigenvalue weighted by Crippen LogP contribution is -2.30. The minimum Gasteiger partial charge on any atom is -0.583 e. The molecule has 1 atom stereocenters. The number of fused-ring (bicyclic) bond motifs is 1. The molecule has 0 aromatic heterocycles. The molecule has 0 radical (unpaired) electrons. The second-order valence-corrected chi connectivity index (χ2v) is 7.87. The molecule has 2 aliphatic rings. The predicted molar refractivity (Wildman–Crippen MR) is 110 cm³/mol. The summed E-state index contributed by atoms with van der Waals surface area (Å²) in [5, 5.41) is 3.56. The van der Waals surface area contributed by atoms with Gasteiger partial charge in [0.1, 0.15) is 5.75 Å². The molecule has 2 aromatic rings. The minimum atomic E-state index is 0.404. The first-order valence-electron chi connectivity index (χ1n) is 10.1. The van der Waals surface area contributed by atoms with Crippen molar-refractivity contribution >= 4 is 0 Å². The summed E-state index contributed by atoms with van der Waals surface area (Å²) in [5.41, 5.74) is 4.19. The Morgan fingerprint density at radius 3 is 2.70 bits per heavy atom. The van der Waals surface area contributed by atoms with Crippen molar-refractivity contribution in [2.75, 3.05) is 33.9 Å². The fourth-order valence-electron chi connectivity index (χ4n) is 3.93. The Hall–Kier alpha value is -2.04. The fourth-order valence-corrected chi connectivity index (χ4v) is 3.93. The predicted octanol–water partition coefficient (Wildman–Crippen LogP) is 3.66. The van der Waals surface area contributed by atoms with Gasteiger partial charge in [-0.05, 0) is 54.8 Å². The average Bonchev–Trinajstić information content (AvgIpc) is 3.51. The van der Waals surface area contributed by atoms with E-state index in [-0.39, 0.29) is 0 Å². The zero-order chi connectivity index (χ0) is 18.6. The smallest absolute Gasteiger partial charge is 0.254 e. The van der Waals surface area contributed by atoms with Crippen LogP contribution in [0.3, 0.4) is 0 Å². The van der Waals surface area contributed by atoms with E-state index >= 15 is 0 Å². The summed E-state index contributed by atoms with van der Waals surface area (Å²) in [4.78, 5) is 2.40. The van der Waals surface area contributed by atoms with Crippen molar-refractivity contribution in [1.82, 2.24) is 10.2 Å². The molecule has 1 aliphatic heterocycles. The van der Waals surface area contributed by atoms with Crippen LogP contribution < -0.4 is 10.1 Å². The third kappa shape index (κ3) is 4.63. The summed E-state index contributed by atoms with van der Waals surface area (Å²) in [6.45, 7) is 4.02. The Morgan fingerprint density at radius 1 is 1.15 bits per heavy atom. The highest BCUT2D eigenvalue weighted by atomic mass is 16.5. The zero-order valence-corrected chi connectivity index (χ0v) is 16.4. The van der Waals surface area contributed by atoms with Crippen LogP contribution in [0.2, 0.25) is 0 Å². The molecule has 1 aliphatic carbocycles.